The molecular formula is C16H25NO. The van der Waals surface area contributed by atoms with Crippen molar-refractivity contribution in [1.29, 1.82) is 0 Å². The number of benzene rings is 1. The summed E-state index contributed by atoms with van der Waals surface area (Å²) in [5, 5.41) is 3.59. The Morgan fingerprint density at radius 1 is 1.28 bits per heavy atom. The van der Waals surface area contributed by atoms with Crippen molar-refractivity contribution in [3.63, 3.8) is 0 Å². The van der Waals surface area contributed by atoms with E-state index in [0.29, 0.717) is 6.04 Å². The Bertz CT molecular complexity index is 420. The smallest absolute Gasteiger partial charge is 0.124 e. The number of hydrogen-bond donors (Lipinski definition) is 1. The first-order valence-electron chi connectivity index (χ1n) is 6.98. The van der Waals surface area contributed by atoms with Gasteiger partial charge in [0.2, 0.25) is 0 Å². The molecule has 0 saturated heterocycles. The van der Waals surface area contributed by atoms with Gasteiger partial charge in [0.1, 0.15) is 11.9 Å². The van der Waals surface area contributed by atoms with Gasteiger partial charge in [-0.15, -0.1) is 0 Å². The molecule has 0 aromatic heterocycles. The highest BCUT2D eigenvalue weighted by atomic mass is 16.5. The van der Waals surface area contributed by atoms with Gasteiger partial charge in [0, 0.05) is 5.56 Å². The molecule has 0 saturated carbocycles. The fourth-order valence-electron chi connectivity index (χ4n) is 2.46. The van der Waals surface area contributed by atoms with E-state index in [1.807, 2.05) is 0 Å². The van der Waals surface area contributed by atoms with E-state index in [0.717, 1.165) is 18.7 Å². The molecule has 1 aromatic carbocycles. The number of fused-ring (bicyclic) bond motifs is 1. The zero-order chi connectivity index (χ0) is 13.3. The van der Waals surface area contributed by atoms with Crippen molar-refractivity contribution in [3.8, 4) is 5.75 Å². The van der Waals surface area contributed by atoms with Crippen LogP contribution in [0, 0.1) is 0 Å². The third-order valence-electron chi connectivity index (χ3n) is 3.61. The van der Waals surface area contributed by atoms with E-state index >= 15 is 0 Å². The highest BCUT2D eigenvalue weighted by molar-refractivity contribution is 5.45. The van der Waals surface area contributed by atoms with Crippen molar-refractivity contribution < 1.29 is 4.74 Å². The SMILES string of the molecule is CCCNC1c2cc(C(C)(C)C)ccc2OC1C. The maximum absolute atomic E-state index is 5.92. The molecule has 1 aliphatic rings. The van der Waals surface area contributed by atoms with Crippen LogP contribution in [0.4, 0.5) is 0 Å². The van der Waals surface area contributed by atoms with Gasteiger partial charge >= 0.3 is 0 Å². The van der Waals surface area contributed by atoms with Gasteiger partial charge in [-0.25, -0.2) is 0 Å². The molecule has 1 heterocycles. The minimum atomic E-state index is 0.191. The summed E-state index contributed by atoms with van der Waals surface area (Å²) in [7, 11) is 0. The van der Waals surface area contributed by atoms with Gasteiger partial charge < -0.3 is 10.1 Å². The Hall–Kier alpha value is -1.02. The van der Waals surface area contributed by atoms with Crippen molar-refractivity contribution in [1.82, 2.24) is 5.32 Å². The first-order chi connectivity index (χ1) is 8.43. The zero-order valence-electron chi connectivity index (χ0n) is 12.2. The average Bonchev–Trinajstić information content (AvgIpc) is 2.60. The topological polar surface area (TPSA) is 21.3 Å². The first-order valence-corrected chi connectivity index (χ1v) is 6.98. The van der Waals surface area contributed by atoms with Crippen LogP contribution >= 0.6 is 0 Å². The van der Waals surface area contributed by atoms with Crippen LogP contribution < -0.4 is 10.1 Å². The Morgan fingerprint density at radius 3 is 2.61 bits per heavy atom. The molecule has 0 aliphatic carbocycles. The van der Waals surface area contributed by atoms with E-state index in [1.54, 1.807) is 0 Å². The molecule has 2 atom stereocenters. The van der Waals surface area contributed by atoms with E-state index in [9.17, 15) is 0 Å². The lowest BCUT2D eigenvalue weighted by atomic mass is 9.85. The molecule has 0 bridgehead atoms. The molecule has 0 amide bonds. The molecule has 0 radical (unpaired) electrons. The van der Waals surface area contributed by atoms with Gasteiger partial charge in [-0.3, -0.25) is 0 Å². The second-order valence-electron chi connectivity index (χ2n) is 6.26. The lowest BCUT2D eigenvalue weighted by Gasteiger charge is -2.21. The van der Waals surface area contributed by atoms with E-state index in [2.05, 4.69) is 58.1 Å². The maximum Gasteiger partial charge on any atom is 0.124 e. The second kappa shape index (κ2) is 4.93. The largest absolute Gasteiger partial charge is 0.488 e. The number of nitrogens with one attached hydrogen (secondary N) is 1. The molecule has 0 spiro atoms. The van der Waals surface area contributed by atoms with Gasteiger partial charge in [0.25, 0.3) is 0 Å². The molecule has 18 heavy (non-hydrogen) atoms. The van der Waals surface area contributed by atoms with Crippen LogP contribution in [-0.2, 0) is 5.41 Å². The highest BCUT2D eigenvalue weighted by Crippen LogP contribution is 2.39. The van der Waals surface area contributed by atoms with Crippen LogP contribution in [0.15, 0.2) is 18.2 Å². The van der Waals surface area contributed by atoms with E-state index in [4.69, 9.17) is 4.74 Å². The quantitative estimate of drug-likeness (QED) is 0.877. The zero-order valence-corrected chi connectivity index (χ0v) is 12.2. The first kappa shape index (κ1) is 13.4. The van der Waals surface area contributed by atoms with E-state index in [-0.39, 0.29) is 11.5 Å². The summed E-state index contributed by atoms with van der Waals surface area (Å²) in [6.07, 6.45) is 1.37. The van der Waals surface area contributed by atoms with Crippen molar-refractivity contribution >= 4 is 0 Å². The number of ether oxygens (including phenoxy) is 1. The van der Waals surface area contributed by atoms with Crippen molar-refractivity contribution in [2.75, 3.05) is 6.54 Å². The maximum atomic E-state index is 5.92. The third-order valence-corrected chi connectivity index (χ3v) is 3.61. The minimum Gasteiger partial charge on any atom is -0.488 e. The van der Waals surface area contributed by atoms with Crippen LogP contribution in [-0.4, -0.2) is 12.6 Å². The summed E-state index contributed by atoms with van der Waals surface area (Å²) in [4.78, 5) is 0. The van der Waals surface area contributed by atoms with Gasteiger partial charge in [-0.2, -0.15) is 0 Å². The summed E-state index contributed by atoms with van der Waals surface area (Å²) in [6, 6.07) is 6.96. The molecule has 1 aromatic rings. The van der Waals surface area contributed by atoms with Crippen molar-refractivity contribution in [3.05, 3.63) is 29.3 Å². The summed E-state index contributed by atoms with van der Waals surface area (Å²) in [6.45, 7) is 12.1. The Labute approximate surface area is 111 Å². The Balaban J connectivity index is 2.31. The molecule has 1 N–H and O–H groups in total. The Morgan fingerprint density at radius 2 is 2.00 bits per heavy atom. The van der Waals surface area contributed by atoms with Crippen molar-refractivity contribution in [2.24, 2.45) is 0 Å². The second-order valence-corrected chi connectivity index (χ2v) is 6.26. The predicted molar refractivity (Wildman–Crippen MR) is 76.3 cm³/mol. The monoisotopic (exact) mass is 247 g/mol. The van der Waals surface area contributed by atoms with Crippen LogP contribution in [0.1, 0.15) is 58.2 Å². The van der Waals surface area contributed by atoms with Crippen molar-refractivity contribution in [2.45, 2.75) is 58.6 Å². The van der Waals surface area contributed by atoms with Gasteiger partial charge in [-0.1, -0.05) is 33.8 Å². The fraction of sp³-hybridized carbons (Fsp3) is 0.625. The van der Waals surface area contributed by atoms with Crippen LogP contribution in [0.3, 0.4) is 0 Å². The van der Waals surface area contributed by atoms with Gasteiger partial charge in [-0.05, 0) is 43.0 Å². The van der Waals surface area contributed by atoms with Crippen LogP contribution in [0.2, 0.25) is 0 Å². The predicted octanol–water partition coefficient (Wildman–Crippen LogP) is 3.81. The molecular weight excluding hydrogens is 222 g/mol. The number of hydrogen-bond acceptors (Lipinski definition) is 2. The standard InChI is InChI=1S/C16H25NO/c1-6-9-17-15-11(2)18-14-8-7-12(10-13(14)15)16(3,4)5/h7-8,10-11,15,17H,6,9H2,1-5H3. The molecule has 0 fully saturated rings. The summed E-state index contributed by atoms with van der Waals surface area (Å²) in [5.41, 5.74) is 2.89. The van der Waals surface area contributed by atoms with Crippen LogP contribution in [0.25, 0.3) is 0 Å². The summed E-state index contributed by atoms with van der Waals surface area (Å²) >= 11 is 0. The third kappa shape index (κ3) is 2.54. The molecule has 2 nitrogen and oxygen atoms in total. The molecule has 2 unspecified atom stereocenters. The lowest BCUT2D eigenvalue weighted by molar-refractivity contribution is 0.210. The molecule has 2 rings (SSSR count). The lowest BCUT2D eigenvalue weighted by Crippen LogP contribution is -2.29. The molecule has 1 aliphatic heterocycles. The highest BCUT2D eigenvalue weighted by Gasteiger charge is 2.31. The molecule has 100 valence electrons. The average molecular weight is 247 g/mol. The van der Waals surface area contributed by atoms with Gasteiger partial charge in [0.15, 0.2) is 0 Å². The van der Waals surface area contributed by atoms with E-state index < -0.39 is 0 Å². The Kier molecular flexibility index (Phi) is 3.67. The number of rotatable bonds is 3. The van der Waals surface area contributed by atoms with Crippen LogP contribution in [0.5, 0.6) is 5.75 Å². The minimum absolute atomic E-state index is 0.191. The summed E-state index contributed by atoms with van der Waals surface area (Å²) in [5.74, 6) is 1.05. The molecule has 2 heteroatoms. The fourth-order valence-corrected chi connectivity index (χ4v) is 2.46. The van der Waals surface area contributed by atoms with Gasteiger partial charge in [0.05, 0.1) is 6.04 Å². The normalized spacial score (nSPS) is 22.7. The summed E-state index contributed by atoms with van der Waals surface area (Å²) < 4.78 is 5.92. The van der Waals surface area contributed by atoms with E-state index in [1.165, 1.54) is 11.1 Å².